The number of aliphatic hydroxyl groups excluding tert-OH is 1. The fraction of sp³-hybridized carbons (Fsp3) is 0.0833. The molecule has 4 rings (SSSR count). The molecule has 1 fully saturated rings. The molecular formula is C24H17BrClNO4. The first-order valence-corrected chi connectivity index (χ1v) is 10.5. The van der Waals surface area contributed by atoms with E-state index in [1.807, 2.05) is 24.3 Å². The molecule has 3 aromatic carbocycles. The minimum absolute atomic E-state index is 0.0189. The Bertz CT molecular complexity index is 1170. The van der Waals surface area contributed by atoms with Crippen molar-refractivity contribution in [2.75, 3.05) is 12.0 Å². The Labute approximate surface area is 192 Å². The molecule has 1 aliphatic rings. The number of hydrogen-bond donors (Lipinski definition) is 1. The van der Waals surface area contributed by atoms with Crippen LogP contribution in [0.2, 0.25) is 5.02 Å². The number of rotatable bonds is 4. The SMILES string of the molecule is COc1ccc(N2C(=O)C(=O)/C(=C(/O)c3ccc(Cl)cc3)[C@@H]2c2ccc(Br)cc2)cc1. The van der Waals surface area contributed by atoms with E-state index in [9.17, 15) is 14.7 Å². The fourth-order valence-corrected chi connectivity index (χ4v) is 3.96. The van der Waals surface area contributed by atoms with Crippen molar-refractivity contribution in [2.45, 2.75) is 6.04 Å². The van der Waals surface area contributed by atoms with Gasteiger partial charge in [-0.2, -0.15) is 0 Å². The first kappa shape index (κ1) is 21.2. The average molecular weight is 499 g/mol. The Hall–Kier alpha value is -3.09. The minimum Gasteiger partial charge on any atom is -0.507 e. The molecule has 1 heterocycles. The van der Waals surface area contributed by atoms with Gasteiger partial charge in [-0.15, -0.1) is 0 Å². The highest BCUT2D eigenvalue weighted by Crippen LogP contribution is 2.42. The van der Waals surface area contributed by atoms with Gasteiger partial charge in [-0.05, 0) is 66.2 Å². The molecule has 0 radical (unpaired) electrons. The van der Waals surface area contributed by atoms with Crippen LogP contribution in [0.1, 0.15) is 17.2 Å². The van der Waals surface area contributed by atoms with Gasteiger partial charge in [0.1, 0.15) is 11.5 Å². The lowest BCUT2D eigenvalue weighted by atomic mass is 9.95. The van der Waals surface area contributed by atoms with E-state index in [0.29, 0.717) is 27.6 Å². The molecule has 1 saturated heterocycles. The molecule has 1 atom stereocenters. The van der Waals surface area contributed by atoms with Gasteiger partial charge >= 0.3 is 0 Å². The van der Waals surface area contributed by atoms with Crippen LogP contribution in [0.4, 0.5) is 5.69 Å². The van der Waals surface area contributed by atoms with Crippen molar-refractivity contribution in [1.29, 1.82) is 0 Å². The highest BCUT2D eigenvalue weighted by molar-refractivity contribution is 9.10. The van der Waals surface area contributed by atoms with Crippen molar-refractivity contribution >= 4 is 50.7 Å². The predicted molar refractivity (Wildman–Crippen MR) is 123 cm³/mol. The van der Waals surface area contributed by atoms with Gasteiger partial charge in [-0.3, -0.25) is 14.5 Å². The van der Waals surface area contributed by atoms with Crippen molar-refractivity contribution in [1.82, 2.24) is 0 Å². The van der Waals surface area contributed by atoms with Crippen LogP contribution in [0, 0.1) is 0 Å². The van der Waals surface area contributed by atoms with E-state index in [-0.39, 0.29) is 11.3 Å². The van der Waals surface area contributed by atoms with Gasteiger partial charge in [0.05, 0.1) is 18.7 Å². The number of Topliss-reactive ketones (excluding diaryl/α,β-unsaturated/α-hetero) is 1. The summed E-state index contributed by atoms with van der Waals surface area (Å²) in [6.07, 6.45) is 0. The van der Waals surface area contributed by atoms with Crippen LogP contribution in [0.15, 0.2) is 82.8 Å². The van der Waals surface area contributed by atoms with E-state index in [1.54, 1.807) is 55.6 Å². The summed E-state index contributed by atoms with van der Waals surface area (Å²) >= 11 is 9.36. The third kappa shape index (κ3) is 3.96. The molecule has 0 aromatic heterocycles. The number of amides is 1. The molecule has 0 bridgehead atoms. The summed E-state index contributed by atoms with van der Waals surface area (Å²) in [5.74, 6) is -1.09. The Kier molecular flexibility index (Phi) is 5.85. The van der Waals surface area contributed by atoms with Gasteiger partial charge in [-0.1, -0.05) is 39.7 Å². The maximum absolute atomic E-state index is 13.1. The Morgan fingerprint density at radius 2 is 1.58 bits per heavy atom. The molecule has 0 unspecified atom stereocenters. The molecule has 1 N–H and O–H groups in total. The molecule has 3 aromatic rings. The second-order valence-electron chi connectivity index (χ2n) is 6.93. The largest absolute Gasteiger partial charge is 0.507 e. The summed E-state index contributed by atoms with van der Waals surface area (Å²) in [4.78, 5) is 27.6. The number of benzene rings is 3. The Morgan fingerprint density at radius 3 is 2.16 bits per heavy atom. The monoisotopic (exact) mass is 497 g/mol. The van der Waals surface area contributed by atoms with Crippen LogP contribution in [0.25, 0.3) is 5.76 Å². The summed E-state index contributed by atoms with van der Waals surface area (Å²) < 4.78 is 6.05. The number of ether oxygens (including phenoxy) is 1. The zero-order valence-electron chi connectivity index (χ0n) is 16.4. The van der Waals surface area contributed by atoms with Crippen molar-refractivity contribution in [3.8, 4) is 5.75 Å². The first-order valence-electron chi connectivity index (χ1n) is 9.37. The Morgan fingerprint density at radius 1 is 0.968 bits per heavy atom. The van der Waals surface area contributed by atoms with Gasteiger partial charge in [-0.25, -0.2) is 0 Å². The van der Waals surface area contributed by atoms with E-state index in [1.165, 1.54) is 4.90 Å². The number of aliphatic hydroxyl groups is 1. The lowest BCUT2D eigenvalue weighted by Gasteiger charge is -2.25. The number of ketones is 1. The molecule has 31 heavy (non-hydrogen) atoms. The molecular weight excluding hydrogens is 482 g/mol. The smallest absolute Gasteiger partial charge is 0.300 e. The lowest BCUT2D eigenvalue weighted by molar-refractivity contribution is -0.132. The van der Waals surface area contributed by atoms with E-state index in [4.69, 9.17) is 16.3 Å². The van der Waals surface area contributed by atoms with Gasteiger partial charge in [0, 0.05) is 20.7 Å². The molecule has 0 saturated carbocycles. The highest BCUT2D eigenvalue weighted by Gasteiger charge is 2.46. The van der Waals surface area contributed by atoms with Crippen molar-refractivity contribution in [3.63, 3.8) is 0 Å². The number of hydrogen-bond acceptors (Lipinski definition) is 4. The molecule has 7 heteroatoms. The highest BCUT2D eigenvalue weighted by atomic mass is 79.9. The zero-order chi connectivity index (χ0) is 22.1. The standard InChI is InChI=1S/C24H17BrClNO4/c1-31-19-12-10-18(11-13-19)27-21(14-2-6-16(25)7-3-14)20(23(29)24(27)30)22(28)15-4-8-17(26)9-5-15/h2-13,21,28H,1H3/b22-20+/t21-/m0/s1. The molecule has 5 nitrogen and oxygen atoms in total. The van der Waals surface area contributed by atoms with Gasteiger partial charge in [0.2, 0.25) is 0 Å². The van der Waals surface area contributed by atoms with E-state index in [2.05, 4.69) is 15.9 Å². The van der Waals surface area contributed by atoms with E-state index < -0.39 is 17.7 Å². The normalized spacial score (nSPS) is 17.8. The van der Waals surface area contributed by atoms with Crippen LogP contribution in [-0.2, 0) is 9.59 Å². The minimum atomic E-state index is -0.794. The van der Waals surface area contributed by atoms with Crippen LogP contribution in [0.5, 0.6) is 5.75 Å². The van der Waals surface area contributed by atoms with Crippen molar-refractivity contribution in [3.05, 3.63) is 99.0 Å². The maximum atomic E-state index is 13.1. The summed E-state index contributed by atoms with van der Waals surface area (Å²) in [5.41, 5.74) is 1.63. The summed E-state index contributed by atoms with van der Waals surface area (Å²) in [6.45, 7) is 0. The number of carbonyl (C=O) groups excluding carboxylic acids is 2. The molecule has 0 spiro atoms. The third-order valence-corrected chi connectivity index (χ3v) is 5.88. The van der Waals surface area contributed by atoms with Crippen LogP contribution < -0.4 is 9.64 Å². The van der Waals surface area contributed by atoms with Crippen molar-refractivity contribution in [2.24, 2.45) is 0 Å². The third-order valence-electron chi connectivity index (χ3n) is 5.10. The average Bonchev–Trinajstić information content (AvgIpc) is 3.05. The number of methoxy groups -OCH3 is 1. The summed E-state index contributed by atoms with van der Waals surface area (Å²) in [7, 11) is 1.55. The van der Waals surface area contributed by atoms with E-state index >= 15 is 0 Å². The topological polar surface area (TPSA) is 66.8 Å². The van der Waals surface area contributed by atoms with Gasteiger partial charge in [0.25, 0.3) is 11.7 Å². The van der Waals surface area contributed by atoms with Gasteiger partial charge < -0.3 is 9.84 Å². The number of nitrogens with zero attached hydrogens (tertiary/aromatic N) is 1. The molecule has 0 aliphatic carbocycles. The fourth-order valence-electron chi connectivity index (χ4n) is 3.57. The summed E-state index contributed by atoms with van der Waals surface area (Å²) in [5, 5.41) is 11.5. The quantitative estimate of drug-likeness (QED) is 0.283. The maximum Gasteiger partial charge on any atom is 0.300 e. The van der Waals surface area contributed by atoms with Crippen LogP contribution >= 0.6 is 27.5 Å². The molecule has 156 valence electrons. The van der Waals surface area contributed by atoms with Gasteiger partial charge in [0.15, 0.2) is 0 Å². The number of carbonyl (C=O) groups is 2. The predicted octanol–water partition coefficient (Wildman–Crippen LogP) is 5.74. The first-order chi connectivity index (χ1) is 14.9. The van der Waals surface area contributed by atoms with Crippen LogP contribution in [0.3, 0.4) is 0 Å². The van der Waals surface area contributed by atoms with Crippen molar-refractivity contribution < 1.29 is 19.4 Å². The van der Waals surface area contributed by atoms with E-state index in [0.717, 1.165) is 4.47 Å². The lowest BCUT2D eigenvalue weighted by Crippen LogP contribution is -2.29. The second kappa shape index (κ2) is 8.57. The van der Waals surface area contributed by atoms with Crippen LogP contribution in [-0.4, -0.2) is 23.9 Å². The number of anilines is 1. The Balaban J connectivity index is 1.91. The number of halogens is 2. The summed E-state index contributed by atoms with van der Waals surface area (Å²) in [6, 6.07) is 19.8. The zero-order valence-corrected chi connectivity index (χ0v) is 18.7. The molecule has 1 aliphatic heterocycles. The second-order valence-corrected chi connectivity index (χ2v) is 8.28. The molecule has 1 amide bonds.